The maximum atomic E-state index is 10.3. The Balaban J connectivity index is 1.63. The van der Waals surface area contributed by atoms with E-state index in [4.69, 9.17) is 9.84 Å². The summed E-state index contributed by atoms with van der Waals surface area (Å²) >= 11 is 1.67. The lowest BCUT2D eigenvalue weighted by Crippen LogP contribution is -2.33. The number of phenolic OH excluding ortho intramolecular Hbond substituents is 2. The largest absolute Gasteiger partial charge is 0.508 e. The van der Waals surface area contributed by atoms with Gasteiger partial charge in [0.15, 0.2) is 0 Å². The van der Waals surface area contributed by atoms with E-state index in [9.17, 15) is 10.2 Å². The fourth-order valence-corrected chi connectivity index (χ4v) is 4.29. The molecule has 1 aromatic heterocycles. The topological polar surface area (TPSA) is 65.3 Å². The molecule has 26 heavy (non-hydrogen) atoms. The minimum atomic E-state index is -0.548. The summed E-state index contributed by atoms with van der Waals surface area (Å²) in [6, 6.07) is 16.7. The van der Waals surface area contributed by atoms with Crippen LogP contribution in [0.5, 0.6) is 17.2 Å². The Morgan fingerprint density at radius 2 is 1.92 bits per heavy atom. The van der Waals surface area contributed by atoms with Gasteiger partial charge in [0.25, 0.3) is 0 Å². The van der Waals surface area contributed by atoms with Crippen molar-refractivity contribution >= 4 is 17.0 Å². The smallest absolute Gasteiger partial charge is 0.217 e. The standard InChI is InChI=1S/C20H16N2O3S/c23-12-7-8-14(17(24)10-12)20-22-16(13-4-1-2-5-18(13)25-20)11-15(21-22)19-6-3-9-26-19/h1-10,16,20,23-24H,11H2. The van der Waals surface area contributed by atoms with E-state index < -0.39 is 6.23 Å². The summed E-state index contributed by atoms with van der Waals surface area (Å²) in [5.74, 6) is 0.810. The minimum absolute atomic E-state index is 0.00657. The predicted octanol–water partition coefficient (Wildman–Crippen LogP) is 4.40. The van der Waals surface area contributed by atoms with Crippen LogP contribution in [-0.4, -0.2) is 20.9 Å². The van der Waals surface area contributed by atoms with Crippen molar-refractivity contribution in [2.75, 3.05) is 0 Å². The molecule has 2 N–H and O–H groups in total. The highest BCUT2D eigenvalue weighted by Gasteiger charge is 2.41. The summed E-state index contributed by atoms with van der Waals surface area (Å²) in [5.41, 5.74) is 2.70. The quantitative estimate of drug-likeness (QED) is 0.707. The second-order valence-electron chi connectivity index (χ2n) is 6.38. The fraction of sp³-hybridized carbons (Fsp3) is 0.150. The Kier molecular flexibility index (Phi) is 3.39. The van der Waals surface area contributed by atoms with E-state index >= 15 is 0 Å². The number of benzene rings is 2. The number of para-hydroxylation sites is 1. The Bertz CT molecular complexity index is 1000. The first-order valence-corrected chi connectivity index (χ1v) is 9.26. The molecule has 130 valence electrons. The molecule has 6 heteroatoms. The molecule has 0 fully saturated rings. The van der Waals surface area contributed by atoms with Gasteiger partial charge in [0.1, 0.15) is 17.2 Å². The first-order valence-electron chi connectivity index (χ1n) is 8.38. The molecule has 3 aromatic rings. The molecular formula is C20H16N2O3S. The van der Waals surface area contributed by atoms with Crippen LogP contribution in [0.4, 0.5) is 0 Å². The first kappa shape index (κ1) is 15.3. The maximum absolute atomic E-state index is 10.3. The predicted molar refractivity (Wildman–Crippen MR) is 99.6 cm³/mol. The van der Waals surface area contributed by atoms with Crippen LogP contribution in [0.1, 0.15) is 34.7 Å². The molecule has 2 aromatic carbocycles. The number of phenols is 2. The van der Waals surface area contributed by atoms with Crippen molar-refractivity contribution in [1.29, 1.82) is 0 Å². The second kappa shape index (κ2) is 5.78. The van der Waals surface area contributed by atoms with Crippen molar-refractivity contribution in [1.82, 2.24) is 5.01 Å². The van der Waals surface area contributed by atoms with E-state index in [1.807, 2.05) is 34.7 Å². The zero-order valence-electron chi connectivity index (χ0n) is 13.7. The maximum Gasteiger partial charge on any atom is 0.217 e. The summed E-state index contributed by atoms with van der Waals surface area (Å²) < 4.78 is 6.20. The number of thiophene rings is 1. The number of nitrogens with zero attached hydrogens (tertiary/aromatic N) is 2. The molecule has 2 atom stereocenters. The van der Waals surface area contributed by atoms with Crippen LogP contribution in [0, 0.1) is 0 Å². The number of rotatable bonds is 2. The van der Waals surface area contributed by atoms with Gasteiger partial charge in [0.2, 0.25) is 6.23 Å². The van der Waals surface area contributed by atoms with Gasteiger partial charge in [-0.05, 0) is 29.6 Å². The fourth-order valence-electron chi connectivity index (χ4n) is 3.57. The average Bonchev–Trinajstić information content (AvgIpc) is 3.31. The average molecular weight is 364 g/mol. The number of ether oxygens (including phenoxy) is 1. The number of hydrazone groups is 1. The third-order valence-electron chi connectivity index (χ3n) is 4.78. The molecule has 0 spiro atoms. The van der Waals surface area contributed by atoms with Gasteiger partial charge in [0.05, 0.1) is 22.2 Å². The molecular weight excluding hydrogens is 348 g/mol. The van der Waals surface area contributed by atoms with Gasteiger partial charge in [-0.2, -0.15) is 5.10 Å². The normalized spacial score (nSPS) is 20.9. The van der Waals surface area contributed by atoms with Gasteiger partial charge < -0.3 is 14.9 Å². The zero-order chi connectivity index (χ0) is 17.7. The van der Waals surface area contributed by atoms with Crippen LogP contribution in [0.2, 0.25) is 0 Å². The van der Waals surface area contributed by atoms with Gasteiger partial charge in [-0.3, -0.25) is 0 Å². The van der Waals surface area contributed by atoms with Gasteiger partial charge in [0, 0.05) is 18.1 Å². The van der Waals surface area contributed by atoms with Crippen LogP contribution in [-0.2, 0) is 0 Å². The van der Waals surface area contributed by atoms with Crippen molar-refractivity contribution in [2.45, 2.75) is 18.7 Å². The Morgan fingerprint density at radius 1 is 1.04 bits per heavy atom. The van der Waals surface area contributed by atoms with Gasteiger partial charge in [-0.25, -0.2) is 5.01 Å². The van der Waals surface area contributed by atoms with Crippen molar-refractivity contribution < 1.29 is 14.9 Å². The van der Waals surface area contributed by atoms with E-state index in [1.165, 1.54) is 6.07 Å². The summed E-state index contributed by atoms with van der Waals surface area (Å²) in [4.78, 5) is 1.14. The Hall–Kier alpha value is -2.99. The number of hydrogen-bond donors (Lipinski definition) is 2. The lowest BCUT2D eigenvalue weighted by molar-refractivity contribution is -0.0203. The van der Waals surface area contributed by atoms with E-state index in [1.54, 1.807) is 23.5 Å². The highest BCUT2D eigenvalue weighted by Crippen LogP contribution is 2.49. The molecule has 0 amide bonds. The highest BCUT2D eigenvalue weighted by molar-refractivity contribution is 7.12. The number of fused-ring (bicyclic) bond motifs is 3. The number of hydrogen-bond acceptors (Lipinski definition) is 6. The van der Waals surface area contributed by atoms with Crippen molar-refractivity contribution in [3.8, 4) is 17.2 Å². The Labute approximate surface area is 154 Å². The lowest BCUT2D eigenvalue weighted by atomic mass is 9.97. The van der Waals surface area contributed by atoms with Crippen LogP contribution in [0.3, 0.4) is 0 Å². The van der Waals surface area contributed by atoms with Crippen molar-refractivity contribution in [3.05, 3.63) is 76.0 Å². The molecule has 0 saturated heterocycles. The van der Waals surface area contributed by atoms with Gasteiger partial charge in [-0.15, -0.1) is 11.3 Å². The SMILES string of the molecule is Oc1ccc(C2Oc3ccccc3C3CC(c4cccs4)=NN32)c(O)c1. The lowest BCUT2D eigenvalue weighted by Gasteiger charge is -2.38. The van der Waals surface area contributed by atoms with Crippen LogP contribution in [0.25, 0.3) is 0 Å². The second-order valence-corrected chi connectivity index (χ2v) is 7.32. The molecule has 3 heterocycles. The van der Waals surface area contributed by atoms with Gasteiger partial charge >= 0.3 is 0 Å². The summed E-state index contributed by atoms with van der Waals surface area (Å²) in [5, 5.41) is 28.8. The van der Waals surface area contributed by atoms with Gasteiger partial charge in [-0.1, -0.05) is 24.3 Å². The Morgan fingerprint density at radius 3 is 2.73 bits per heavy atom. The number of aromatic hydroxyl groups is 2. The van der Waals surface area contributed by atoms with E-state index in [0.717, 1.165) is 28.3 Å². The van der Waals surface area contributed by atoms with Crippen LogP contribution in [0.15, 0.2) is 65.1 Å². The highest BCUT2D eigenvalue weighted by atomic mass is 32.1. The molecule has 2 aliphatic heterocycles. The van der Waals surface area contributed by atoms with E-state index in [-0.39, 0.29) is 17.5 Å². The third-order valence-corrected chi connectivity index (χ3v) is 5.70. The van der Waals surface area contributed by atoms with Crippen molar-refractivity contribution in [3.63, 3.8) is 0 Å². The molecule has 2 aliphatic rings. The molecule has 0 saturated carbocycles. The first-order chi connectivity index (χ1) is 12.7. The molecule has 0 radical (unpaired) electrons. The van der Waals surface area contributed by atoms with E-state index in [2.05, 4.69) is 12.1 Å². The van der Waals surface area contributed by atoms with Crippen LogP contribution < -0.4 is 4.74 Å². The summed E-state index contributed by atoms with van der Waals surface area (Å²) in [7, 11) is 0. The minimum Gasteiger partial charge on any atom is -0.508 e. The molecule has 5 rings (SSSR count). The van der Waals surface area contributed by atoms with E-state index in [0.29, 0.717) is 5.56 Å². The molecule has 2 unspecified atom stereocenters. The monoisotopic (exact) mass is 364 g/mol. The van der Waals surface area contributed by atoms with Crippen molar-refractivity contribution in [2.24, 2.45) is 5.10 Å². The van der Waals surface area contributed by atoms with Crippen LogP contribution >= 0.6 is 11.3 Å². The molecule has 0 aliphatic carbocycles. The summed E-state index contributed by atoms with van der Waals surface area (Å²) in [6.45, 7) is 0. The molecule has 0 bridgehead atoms. The molecule has 5 nitrogen and oxygen atoms in total. The zero-order valence-corrected chi connectivity index (χ0v) is 14.6. The summed E-state index contributed by atoms with van der Waals surface area (Å²) in [6.07, 6.45) is 0.240. The third kappa shape index (κ3) is 2.34.